The smallest absolute Gasteiger partial charge is 0.326 e. The Morgan fingerprint density at radius 3 is 2.72 bits per heavy atom. The molecule has 32 heavy (non-hydrogen) atoms. The number of carbonyl (C=O) groups excluding carboxylic acids is 2. The van der Waals surface area contributed by atoms with Gasteiger partial charge in [0.25, 0.3) is 5.91 Å². The Hall–Kier alpha value is -3.18. The van der Waals surface area contributed by atoms with Crippen molar-refractivity contribution in [3.8, 4) is 11.8 Å². The minimum Gasteiger partial charge on any atom is -0.458 e. The fourth-order valence-electron chi connectivity index (χ4n) is 5.33. The standard InChI is InChI=1S/C25H22N2O5/c26-24(29)25-13-18-21(30-18)22-19(25)20(23(28)31-22)27(32-25)14-17-11-5-4-10-16(17)12-6-9-15-7-2-1-3-8-15/h1-5,7-8,10-11,18-22H,9,13-14H2,(H2,26,29)/t18?,19?,20?,21?,22?,25-/m0/s1. The van der Waals surface area contributed by atoms with Crippen molar-refractivity contribution in [2.45, 2.75) is 49.3 Å². The number of nitrogens with zero attached hydrogens (tertiary/aromatic N) is 1. The predicted molar refractivity (Wildman–Crippen MR) is 112 cm³/mol. The van der Waals surface area contributed by atoms with Gasteiger partial charge in [-0.1, -0.05) is 60.4 Å². The lowest BCUT2D eigenvalue weighted by Gasteiger charge is -2.34. The number of carbonyl (C=O) groups is 2. The van der Waals surface area contributed by atoms with Crippen molar-refractivity contribution in [3.63, 3.8) is 0 Å². The number of hydroxylamine groups is 2. The number of amides is 1. The van der Waals surface area contributed by atoms with Gasteiger partial charge in [0, 0.05) is 18.4 Å². The summed E-state index contributed by atoms with van der Waals surface area (Å²) >= 11 is 0. The molecule has 1 aliphatic carbocycles. The van der Waals surface area contributed by atoms with Crippen LogP contribution in [0.25, 0.3) is 0 Å². The van der Waals surface area contributed by atoms with Crippen LogP contribution in [0.3, 0.4) is 0 Å². The Morgan fingerprint density at radius 1 is 1.12 bits per heavy atom. The summed E-state index contributed by atoms with van der Waals surface area (Å²) in [5, 5.41) is 1.57. The van der Waals surface area contributed by atoms with Crippen LogP contribution >= 0.6 is 0 Å². The van der Waals surface area contributed by atoms with E-state index in [-0.39, 0.29) is 12.2 Å². The second kappa shape index (κ2) is 7.17. The van der Waals surface area contributed by atoms with E-state index in [9.17, 15) is 9.59 Å². The van der Waals surface area contributed by atoms with E-state index in [1.165, 1.54) is 0 Å². The van der Waals surface area contributed by atoms with Gasteiger partial charge < -0.3 is 15.2 Å². The van der Waals surface area contributed by atoms with Gasteiger partial charge in [0.05, 0.1) is 18.6 Å². The van der Waals surface area contributed by atoms with Crippen LogP contribution < -0.4 is 5.73 Å². The molecule has 3 saturated heterocycles. The molecule has 0 bridgehead atoms. The minimum absolute atomic E-state index is 0.161. The van der Waals surface area contributed by atoms with Gasteiger partial charge >= 0.3 is 5.97 Å². The number of benzene rings is 2. The molecule has 1 amide bonds. The van der Waals surface area contributed by atoms with Gasteiger partial charge in [-0.2, -0.15) is 5.06 Å². The van der Waals surface area contributed by atoms with Crippen LogP contribution in [0.1, 0.15) is 23.1 Å². The average molecular weight is 430 g/mol. The highest BCUT2D eigenvalue weighted by atomic mass is 16.7. The van der Waals surface area contributed by atoms with Crippen molar-refractivity contribution in [2.75, 3.05) is 0 Å². The lowest BCUT2D eigenvalue weighted by atomic mass is 9.72. The Balaban J connectivity index is 1.28. The zero-order valence-corrected chi connectivity index (χ0v) is 17.3. The first-order valence-electron chi connectivity index (χ1n) is 10.8. The summed E-state index contributed by atoms with van der Waals surface area (Å²) in [7, 11) is 0. The molecule has 7 nitrogen and oxygen atoms in total. The lowest BCUT2D eigenvalue weighted by molar-refractivity contribution is -0.227. The molecule has 0 aromatic heterocycles. The molecule has 162 valence electrons. The van der Waals surface area contributed by atoms with Crippen molar-refractivity contribution in [1.29, 1.82) is 0 Å². The fraction of sp³-hybridized carbons (Fsp3) is 0.360. The normalized spacial score (nSPS) is 34.1. The van der Waals surface area contributed by atoms with Crippen molar-refractivity contribution in [3.05, 3.63) is 71.3 Å². The van der Waals surface area contributed by atoms with E-state index < -0.39 is 35.5 Å². The topological polar surface area (TPSA) is 94.4 Å². The molecule has 7 heteroatoms. The van der Waals surface area contributed by atoms with Crippen LogP contribution in [0, 0.1) is 17.8 Å². The van der Waals surface area contributed by atoms with Crippen LogP contribution in [0.15, 0.2) is 54.6 Å². The Bertz CT molecular complexity index is 1160. The van der Waals surface area contributed by atoms with E-state index >= 15 is 0 Å². The highest BCUT2D eigenvalue weighted by molar-refractivity contribution is 5.89. The molecule has 2 aromatic rings. The number of esters is 1. The highest BCUT2D eigenvalue weighted by Crippen LogP contribution is 2.57. The van der Waals surface area contributed by atoms with Gasteiger partial charge in [-0.25, -0.2) is 0 Å². The molecule has 4 fully saturated rings. The second-order valence-corrected chi connectivity index (χ2v) is 8.76. The van der Waals surface area contributed by atoms with Gasteiger partial charge in [0.2, 0.25) is 0 Å². The van der Waals surface area contributed by atoms with Crippen molar-refractivity contribution in [2.24, 2.45) is 11.7 Å². The summed E-state index contributed by atoms with van der Waals surface area (Å²) in [5.74, 6) is 5.02. The number of primary amides is 1. The third kappa shape index (κ3) is 2.95. The average Bonchev–Trinajstić information content (AvgIpc) is 3.36. The lowest BCUT2D eigenvalue weighted by Crippen LogP contribution is -2.57. The first kappa shape index (κ1) is 19.5. The summed E-state index contributed by atoms with van der Waals surface area (Å²) in [4.78, 5) is 31.5. The molecule has 3 heterocycles. The first-order valence-corrected chi connectivity index (χ1v) is 10.8. The number of hydrogen-bond donors (Lipinski definition) is 1. The number of rotatable bonds is 4. The Kier molecular flexibility index (Phi) is 4.37. The molecule has 0 spiro atoms. The summed E-state index contributed by atoms with van der Waals surface area (Å²) in [6.07, 6.45) is 0.162. The maximum absolute atomic E-state index is 12.8. The first-order chi connectivity index (χ1) is 15.6. The maximum atomic E-state index is 12.8. The van der Waals surface area contributed by atoms with Crippen LogP contribution in [0.4, 0.5) is 0 Å². The van der Waals surface area contributed by atoms with Gasteiger partial charge in [-0.15, -0.1) is 0 Å². The van der Waals surface area contributed by atoms with E-state index in [0.29, 0.717) is 19.4 Å². The highest BCUT2D eigenvalue weighted by Gasteiger charge is 2.76. The van der Waals surface area contributed by atoms with E-state index in [2.05, 4.69) is 11.8 Å². The number of ether oxygens (including phenoxy) is 2. The second-order valence-electron chi connectivity index (χ2n) is 8.76. The van der Waals surface area contributed by atoms with Gasteiger partial charge in [0.15, 0.2) is 5.60 Å². The summed E-state index contributed by atoms with van der Waals surface area (Å²) < 4.78 is 11.2. The zero-order chi connectivity index (χ0) is 21.9. The van der Waals surface area contributed by atoms with Crippen LogP contribution in [-0.2, 0) is 36.9 Å². The maximum Gasteiger partial charge on any atom is 0.326 e. The Labute approximate surface area is 185 Å². The summed E-state index contributed by atoms with van der Waals surface area (Å²) in [6.45, 7) is 0.296. The molecular formula is C25H22N2O5. The number of nitrogens with two attached hydrogens (primary N) is 1. The molecule has 0 radical (unpaired) electrons. The van der Waals surface area contributed by atoms with Gasteiger partial charge in [-0.3, -0.25) is 14.4 Å². The molecule has 6 atom stereocenters. The monoisotopic (exact) mass is 430 g/mol. The molecule has 4 aliphatic rings. The third-order valence-corrected chi connectivity index (χ3v) is 6.89. The van der Waals surface area contributed by atoms with Crippen molar-refractivity contribution < 1.29 is 23.9 Å². The molecule has 2 N–H and O–H groups in total. The molecule has 1 saturated carbocycles. The number of epoxide rings is 1. The van der Waals surface area contributed by atoms with Crippen LogP contribution in [0.2, 0.25) is 0 Å². The third-order valence-electron chi connectivity index (χ3n) is 6.89. The Morgan fingerprint density at radius 2 is 1.91 bits per heavy atom. The van der Waals surface area contributed by atoms with E-state index in [0.717, 1.165) is 16.7 Å². The molecule has 3 aliphatic heterocycles. The predicted octanol–water partition coefficient (Wildman–Crippen LogP) is 1.33. The van der Waals surface area contributed by atoms with E-state index in [1.54, 1.807) is 5.06 Å². The van der Waals surface area contributed by atoms with Crippen molar-refractivity contribution in [1.82, 2.24) is 5.06 Å². The molecule has 6 rings (SSSR count). The largest absolute Gasteiger partial charge is 0.458 e. The van der Waals surface area contributed by atoms with Crippen molar-refractivity contribution >= 4 is 11.9 Å². The number of hydrogen-bond acceptors (Lipinski definition) is 6. The molecule has 5 unspecified atom stereocenters. The summed E-state index contributed by atoms with van der Waals surface area (Å²) in [6, 6.07) is 17.1. The van der Waals surface area contributed by atoms with Crippen LogP contribution in [-0.4, -0.2) is 46.9 Å². The fourth-order valence-corrected chi connectivity index (χ4v) is 5.33. The SMILES string of the molecule is NC(=O)[C@]12CC3OC3C3OC(=O)C(C31)N(Cc1ccccc1C#CCc1ccccc1)O2. The van der Waals surface area contributed by atoms with Gasteiger partial charge in [-0.05, 0) is 17.2 Å². The molecule has 2 aromatic carbocycles. The summed E-state index contributed by atoms with van der Waals surface area (Å²) in [5.41, 5.74) is 7.41. The zero-order valence-electron chi connectivity index (χ0n) is 17.3. The quantitative estimate of drug-likeness (QED) is 0.447. The molecular weight excluding hydrogens is 408 g/mol. The van der Waals surface area contributed by atoms with Crippen LogP contribution in [0.5, 0.6) is 0 Å². The van der Waals surface area contributed by atoms with Gasteiger partial charge in [0.1, 0.15) is 18.2 Å². The van der Waals surface area contributed by atoms with E-state index in [4.69, 9.17) is 20.0 Å². The minimum atomic E-state index is -1.28. The number of fused-ring (bicyclic) bond motifs is 2. The van der Waals surface area contributed by atoms with E-state index in [1.807, 2.05) is 54.6 Å².